The summed E-state index contributed by atoms with van der Waals surface area (Å²) in [5, 5.41) is 3.38. The van der Waals surface area contributed by atoms with Crippen LogP contribution in [0.4, 0.5) is 4.79 Å². The van der Waals surface area contributed by atoms with Gasteiger partial charge in [0.1, 0.15) is 9.81 Å². The first-order valence-corrected chi connectivity index (χ1v) is 14.6. The maximum Gasteiger partial charge on any atom is 0.410 e. The Bertz CT molecular complexity index is 1010. The molecule has 0 aromatic carbocycles. The van der Waals surface area contributed by atoms with Crippen molar-refractivity contribution in [2.45, 2.75) is 78.9 Å². The Morgan fingerprint density at radius 3 is 2.52 bits per heavy atom. The smallest absolute Gasteiger partial charge is 0.410 e. The van der Waals surface area contributed by atoms with Crippen LogP contribution in [0, 0.1) is 5.92 Å². The standard InChI is InChI=1S/C22H30ClN3O5S2/c23-19-5-6-20(32-19)33(28,29)26-17(9-14-1-2-14)12-30-13-18(26)22(7-8-22)31-21(27)25-15-3-4-16(25)11-24-10-15/h5-6,14-18,24H,1-4,7-13H2/t15?,16?,17-,18-/m1/s1. The number of fused-ring (bicyclic) bond motifs is 2. The predicted octanol–water partition coefficient (Wildman–Crippen LogP) is 3.07. The summed E-state index contributed by atoms with van der Waals surface area (Å²) in [4.78, 5) is 15.2. The van der Waals surface area contributed by atoms with E-state index in [4.69, 9.17) is 21.1 Å². The highest BCUT2D eigenvalue weighted by Gasteiger charge is 2.61. The zero-order valence-corrected chi connectivity index (χ0v) is 20.8. The van der Waals surface area contributed by atoms with Crippen LogP contribution in [0.15, 0.2) is 16.3 Å². The number of hydrogen-bond donors (Lipinski definition) is 1. The van der Waals surface area contributed by atoms with Gasteiger partial charge in [-0.25, -0.2) is 13.2 Å². The fourth-order valence-electron chi connectivity index (χ4n) is 5.84. The summed E-state index contributed by atoms with van der Waals surface area (Å²) in [7, 11) is -3.80. The predicted molar refractivity (Wildman–Crippen MR) is 124 cm³/mol. The minimum Gasteiger partial charge on any atom is -0.441 e. The Morgan fingerprint density at radius 1 is 1.18 bits per heavy atom. The lowest BCUT2D eigenvalue weighted by Crippen LogP contribution is -2.62. The molecule has 3 aliphatic heterocycles. The highest BCUT2D eigenvalue weighted by Crippen LogP contribution is 2.50. The van der Waals surface area contributed by atoms with Gasteiger partial charge in [0.25, 0.3) is 10.0 Å². The first-order chi connectivity index (χ1) is 15.9. The summed E-state index contributed by atoms with van der Waals surface area (Å²) in [5.41, 5.74) is -0.822. The SMILES string of the molecule is O=C(OC1([C@H]2COC[C@@H](CC3CC3)N2S(=O)(=O)c2ccc(Cl)s2)CC1)N1C2CCC1CNC2. The van der Waals surface area contributed by atoms with Gasteiger partial charge < -0.3 is 14.8 Å². The zero-order chi connectivity index (χ0) is 22.8. The molecule has 1 amide bonds. The number of nitrogens with zero attached hydrogens (tertiary/aromatic N) is 2. The number of nitrogens with one attached hydrogen (secondary N) is 1. The van der Waals surface area contributed by atoms with Gasteiger partial charge in [-0.1, -0.05) is 24.4 Å². The molecule has 1 aromatic heterocycles. The van der Waals surface area contributed by atoms with Gasteiger partial charge in [0, 0.05) is 31.2 Å². The fourth-order valence-corrected chi connectivity index (χ4v) is 9.28. The first kappa shape index (κ1) is 22.5. The Labute approximate surface area is 203 Å². The number of carbonyl (C=O) groups is 1. The Kier molecular flexibility index (Phi) is 5.70. The van der Waals surface area contributed by atoms with E-state index in [1.54, 1.807) is 16.4 Å². The number of piperazine rings is 1. The Morgan fingerprint density at radius 2 is 1.91 bits per heavy atom. The average Bonchev–Trinajstić information content (AvgIpc) is 3.70. The van der Waals surface area contributed by atoms with Gasteiger partial charge >= 0.3 is 6.09 Å². The third-order valence-corrected chi connectivity index (χ3v) is 11.5. The summed E-state index contributed by atoms with van der Waals surface area (Å²) >= 11 is 7.17. The topological polar surface area (TPSA) is 88.2 Å². The van der Waals surface area contributed by atoms with Gasteiger partial charge in [-0.05, 0) is 50.2 Å². The molecule has 5 fully saturated rings. The van der Waals surface area contributed by atoms with Crippen molar-refractivity contribution in [1.29, 1.82) is 0 Å². The molecule has 0 radical (unpaired) electrons. The molecule has 0 spiro atoms. The van der Waals surface area contributed by atoms with Crippen molar-refractivity contribution in [3.63, 3.8) is 0 Å². The van der Waals surface area contributed by atoms with Crippen LogP contribution in [0.25, 0.3) is 0 Å². The van der Waals surface area contributed by atoms with Crippen molar-refractivity contribution in [1.82, 2.24) is 14.5 Å². The van der Waals surface area contributed by atoms with E-state index in [-0.39, 0.29) is 35.0 Å². The van der Waals surface area contributed by atoms with Crippen LogP contribution in [-0.2, 0) is 19.5 Å². The maximum atomic E-state index is 13.9. The van der Waals surface area contributed by atoms with Crippen molar-refractivity contribution < 1.29 is 22.7 Å². The molecule has 1 aromatic rings. The number of rotatable bonds is 6. The summed E-state index contributed by atoms with van der Waals surface area (Å²) < 4.78 is 42.2. The van der Waals surface area contributed by atoms with E-state index in [2.05, 4.69) is 5.32 Å². The van der Waals surface area contributed by atoms with Gasteiger partial charge in [0.05, 0.1) is 23.6 Å². The van der Waals surface area contributed by atoms with Gasteiger partial charge in [-0.15, -0.1) is 11.3 Å². The normalized spacial score (nSPS) is 33.8. The number of sulfonamides is 1. The lowest BCUT2D eigenvalue weighted by molar-refractivity contribution is -0.0759. The Balaban J connectivity index is 1.29. The fraction of sp³-hybridized carbons (Fsp3) is 0.773. The number of ether oxygens (including phenoxy) is 2. The molecule has 2 saturated carbocycles. The first-order valence-electron chi connectivity index (χ1n) is 12.0. The number of halogens is 1. The quantitative estimate of drug-likeness (QED) is 0.626. The number of morpholine rings is 1. The lowest BCUT2D eigenvalue weighted by Gasteiger charge is -2.44. The summed E-state index contributed by atoms with van der Waals surface area (Å²) in [6.07, 6.45) is 6.01. The van der Waals surface area contributed by atoms with Crippen molar-refractivity contribution in [2.75, 3.05) is 26.3 Å². The molecule has 3 saturated heterocycles. The number of thiophene rings is 1. The Hall–Kier alpha value is -0.910. The minimum atomic E-state index is -3.80. The van der Waals surface area contributed by atoms with Crippen LogP contribution in [0.5, 0.6) is 0 Å². The van der Waals surface area contributed by atoms with E-state index >= 15 is 0 Å². The number of carbonyl (C=O) groups excluding carboxylic acids is 1. The van der Waals surface area contributed by atoms with Crippen molar-refractivity contribution in [3.8, 4) is 0 Å². The van der Waals surface area contributed by atoms with E-state index in [0.717, 1.165) is 56.5 Å². The molecule has 2 aliphatic carbocycles. The second-order valence-electron chi connectivity index (χ2n) is 10.2. The summed E-state index contributed by atoms with van der Waals surface area (Å²) in [5.74, 6) is 0.538. The molecule has 6 rings (SSSR count). The molecule has 1 N–H and O–H groups in total. The van der Waals surface area contributed by atoms with Gasteiger partial charge in [-0.3, -0.25) is 4.90 Å². The number of hydrogen-bond acceptors (Lipinski definition) is 7. The van der Waals surface area contributed by atoms with Gasteiger partial charge in [0.2, 0.25) is 0 Å². The van der Waals surface area contributed by atoms with Crippen LogP contribution < -0.4 is 5.32 Å². The molecule has 4 heterocycles. The van der Waals surface area contributed by atoms with E-state index in [0.29, 0.717) is 29.7 Å². The third kappa shape index (κ3) is 4.10. The molecule has 11 heteroatoms. The molecule has 182 valence electrons. The highest BCUT2D eigenvalue weighted by molar-refractivity contribution is 7.91. The zero-order valence-electron chi connectivity index (χ0n) is 18.4. The van der Waals surface area contributed by atoms with E-state index in [1.165, 1.54) is 0 Å². The molecular formula is C22H30ClN3O5S2. The minimum absolute atomic E-state index is 0.158. The van der Waals surface area contributed by atoms with Gasteiger partial charge in [0.15, 0.2) is 0 Å². The van der Waals surface area contributed by atoms with Gasteiger partial charge in [-0.2, -0.15) is 4.31 Å². The van der Waals surface area contributed by atoms with Crippen LogP contribution in [0.3, 0.4) is 0 Å². The molecule has 5 aliphatic rings. The molecule has 4 atom stereocenters. The molecule has 8 nitrogen and oxygen atoms in total. The van der Waals surface area contributed by atoms with Crippen LogP contribution in [0.2, 0.25) is 4.34 Å². The largest absolute Gasteiger partial charge is 0.441 e. The maximum absolute atomic E-state index is 13.9. The highest BCUT2D eigenvalue weighted by atomic mass is 35.5. The van der Waals surface area contributed by atoms with Crippen LogP contribution in [-0.4, -0.2) is 79.8 Å². The monoisotopic (exact) mass is 515 g/mol. The summed E-state index contributed by atoms with van der Waals surface area (Å²) in [6.45, 7) is 2.18. The van der Waals surface area contributed by atoms with Crippen molar-refractivity contribution >= 4 is 39.1 Å². The summed E-state index contributed by atoms with van der Waals surface area (Å²) in [6, 6.07) is 2.74. The second-order valence-corrected chi connectivity index (χ2v) is 13.9. The molecule has 33 heavy (non-hydrogen) atoms. The van der Waals surface area contributed by atoms with Crippen molar-refractivity contribution in [3.05, 3.63) is 16.5 Å². The second kappa shape index (κ2) is 8.34. The molecule has 2 bridgehead atoms. The van der Waals surface area contributed by atoms with Crippen molar-refractivity contribution in [2.24, 2.45) is 5.92 Å². The van der Waals surface area contributed by atoms with Crippen LogP contribution in [0.1, 0.15) is 44.9 Å². The average molecular weight is 516 g/mol. The number of amides is 1. The van der Waals surface area contributed by atoms with E-state index in [9.17, 15) is 13.2 Å². The third-order valence-electron chi connectivity index (χ3n) is 7.87. The van der Waals surface area contributed by atoms with Crippen LogP contribution >= 0.6 is 22.9 Å². The molecule has 2 unspecified atom stereocenters. The molecular weight excluding hydrogens is 486 g/mol. The van der Waals surface area contributed by atoms with E-state index in [1.807, 2.05) is 4.90 Å². The van der Waals surface area contributed by atoms with E-state index < -0.39 is 21.7 Å². The lowest BCUT2D eigenvalue weighted by atomic mass is 10.0.